The summed E-state index contributed by atoms with van der Waals surface area (Å²) in [5, 5.41) is 9.67. The molecule has 1 N–H and O–H groups in total. The van der Waals surface area contributed by atoms with Gasteiger partial charge in [0, 0.05) is 5.33 Å². The minimum absolute atomic E-state index is 0.484. The predicted octanol–water partition coefficient (Wildman–Crippen LogP) is 0.143. The Bertz CT molecular complexity index is 64.6. The van der Waals surface area contributed by atoms with Crippen molar-refractivity contribution < 1.29 is 9.84 Å². The largest absolute Gasteiger partial charge is 0.384 e. The van der Waals surface area contributed by atoms with Gasteiger partial charge in [-0.15, -0.1) is 0 Å². The average Bonchev–Trinajstić information content (AvgIpc) is 1.61. The van der Waals surface area contributed by atoms with Crippen molar-refractivity contribution in [1.29, 1.82) is 0 Å². The Hall–Kier alpha value is 0.400. The Morgan fingerprint density at radius 3 is 2.29 bits per heavy atom. The minimum atomic E-state index is -0.542. The number of halogens is 1. The summed E-state index contributed by atoms with van der Waals surface area (Å²) in [7, 11) is 0. The van der Waals surface area contributed by atoms with Crippen LogP contribution in [0.3, 0.4) is 0 Å². The van der Waals surface area contributed by atoms with Crippen molar-refractivity contribution in [3.8, 4) is 0 Å². The fourth-order valence-corrected chi connectivity index (χ4v) is 0.739. The Morgan fingerprint density at radius 2 is 2.29 bits per heavy atom. The second-order valence-electron chi connectivity index (χ2n) is 1.85. The maximum atomic E-state index is 9.05. The number of aliphatic hydroxyl groups is 1. The fourth-order valence-electron chi connectivity index (χ4n) is 0.415. The van der Waals surface area contributed by atoms with Gasteiger partial charge >= 0.3 is 0 Å². The molecule has 1 aliphatic rings. The molecule has 1 saturated heterocycles. The van der Waals surface area contributed by atoms with Crippen LogP contribution in [0.4, 0.5) is 0 Å². The van der Waals surface area contributed by atoms with Crippen LogP contribution in [0.1, 0.15) is 0 Å². The van der Waals surface area contributed by atoms with Crippen molar-refractivity contribution in [2.75, 3.05) is 18.5 Å². The molecule has 1 aliphatic heterocycles. The van der Waals surface area contributed by atoms with Crippen LogP contribution in [-0.4, -0.2) is 29.3 Å². The van der Waals surface area contributed by atoms with Gasteiger partial charge in [0.15, 0.2) is 0 Å². The third-order valence-electron chi connectivity index (χ3n) is 0.990. The van der Waals surface area contributed by atoms with E-state index in [0.717, 1.165) is 0 Å². The van der Waals surface area contributed by atoms with Gasteiger partial charge in [-0.2, -0.15) is 0 Å². The van der Waals surface area contributed by atoms with Gasteiger partial charge in [-0.3, -0.25) is 0 Å². The summed E-state index contributed by atoms with van der Waals surface area (Å²) in [6, 6.07) is 0. The minimum Gasteiger partial charge on any atom is -0.384 e. The van der Waals surface area contributed by atoms with Gasteiger partial charge in [0.25, 0.3) is 0 Å². The maximum absolute atomic E-state index is 9.05. The lowest BCUT2D eigenvalue weighted by Crippen LogP contribution is -2.50. The third kappa shape index (κ3) is 0.953. The van der Waals surface area contributed by atoms with Crippen LogP contribution in [0.15, 0.2) is 0 Å². The van der Waals surface area contributed by atoms with Crippen molar-refractivity contribution in [1.82, 2.24) is 0 Å². The lowest BCUT2D eigenvalue weighted by atomic mass is 10.1. The van der Waals surface area contributed by atoms with Crippen LogP contribution in [-0.2, 0) is 4.74 Å². The van der Waals surface area contributed by atoms with Crippen LogP contribution in [0, 0.1) is 0 Å². The van der Waals surface area contributed by atoms with Crippen LogP contribution in [0.5, 0.6) is 0 Å². The lowest BCUT2D eigenvalue weighted by molar-refractivity contribution is -0.162. The van der Waals surface area contributed by atoms with Gasteiger partial charge < -0.3 is 9.84 Å². The highest BCUT2D eigenvalue weighted by atomic mass is 79.9. The number of hydrogen-bond donors (Lipinski definition) is 1. The molecule has 1 heterocycles. The number of alkyl halides is 1. The summed E-state index contributed by atoms with van der Waals surface area (Å²) in [5.41, 5.74) is -0.542. The quantitative estimate of drug-likeness (QED) is 0.563. The first-order valence-corrected chi connectivity index (χ1v) is 3.25. The Morgan fingerprint density at radius 1 is 1.71 bits per heavy atom. The highest BCUT2D eigenvalue weighted by Crippen LogP contribution is 2.17. The molecular weight excluding hydrogens is 160 g/mol. The van der Waals surface area contributed by atoms with E-state index in [1.807, 2.05) is 0 Å². The van der Waals surface area contributed by atoms with Gasteiger partial charge in [-0.25, -0.2) is 0 Å². The van der Waals surface area contributed by atoms with Gasteiger partial charge in [-0.05, 0) is 0 Å². The van der Waals surface area contributed by atoms with Gasteiger partial charge in [-0.1, -0.05) is 15.9 Å². The number of ether oxygens (including phenoxy) is 1. The van der Waals surface area contributed by atoms with E-state index in [1.165, 1.54) is 0 Å². The number of hydrogen-bond acceptors (Lipinski definition) is 2. The molecule has 3 heteroatoms. The van der Waals surface area contributed by atoms with E-state index in [0.29, 0.717) is 18.5 Å². The maximum Gasteiger partial charge on any atom is 0.121 e. The molecule has 1 fully saturated rings. The van der Waals surface area contributed by atoms with E-state index in [9.17, 15) is 0 Å². The molecule has 2 nitrogen and oxygen atoms in total. The molecule has 0 amide bonds. The molecule has 0 aromatic carbocycles. The molecule has 0 unspecified atom stereocenters. The fraction of sp³-hybridized carbons (Fsp3) is 1.00. The summed E-state index contributed by atoms with van der Waals surface area (Å²) in [6.45, 7) is 0.969. The molecule has 0 radical (unpaired) electrons. The smallest absolute Gasteiger partial charge is 0.121 e. The van der Waals surface area contributed by atoms with Crippen LogP contribution in [0.25, 0.3) is 0 Å². The Balaban J connectivity index is 2.29. The molecule has 0 aliphatic carbocycles. The molecular formula is C4H7BrO2. The Kier molecular flexibility index (Phi) is 1.36. The second kappa shape index (κ2) is 1.73. The number of rotatable bonds is 1. The van der Waals surface area contributed by atoms with Gasteiger partial charge in [0.1, 0.15) is 5.60 Å². The van der Waals surface area contributed by atoms with Crippen molar-refractivity contribution in [2.45, 2.75) is 5.60 Å². The molecule has 1 rings (SSSR count). The summed E-state index contributed by atoms with van der Waals surface area (Å²) >= 11 is 3.15. The van der Waals surface area contributed by atoms with Crippen LogP contribution < -0.4 is 0 Å². The summed E-state index contributed by atoms with van der Waals surface area (Å²) < 4.78 is 4.75. The summed E-state index contributed by atoms with van der Waals surface area (Å²) in [4.78, 5) is 0. The molecule has 0 bridgehead atoms. The highest BCUT2D eigenvalue weighted by molar-refractivity contribution is 9.09. The molecule has 0 spiro atoms. The molecule has 42 valence electrons. The van der Waals surface area contributed by atoms with Crippen molar-refractivity contribution in [3.05, 3.63) is 0 Å². The SMILES string of the molecule is OC1(CBr)COC1. The van der Waals surface area contributed by atoms with Gasteiger partial charge in [0.2, 0.25) is 0 Å². The molecule has 7 heavy (non-hydrogen) atoms. The van der Waals surface area contributed by atoms with Crippen molar-refractivity contribution in [2.24, 2.45) is 0 Å². The van der Waals surface area contributed by atoms with Crippen LogP contribution in [0.2, 0.25) is 0 Å². The highest BCUT2D eigenvalue weighted by Gasteiger charge is 2.34. The normalized spacial score (nSPS) is 26.6. The predicted molar refractivity (Wildman–Crippen MR) is 29.6 cm³/mol. The van der Waals surface area contributed by atoms with Gasteiger partial charge in [0.05, 0.1) is 13.2 Å². The molecule has 0 atom stereocenters. The van der Waals surface area contributed by atoms with E-state index >= 15 is 0 Å². The summed E-state index contributed by atoms with van der Waals surface area (Å²) in [5.74, 6) is 0. The lowest BCUT2D eigenvalue weighted by Gasteiger charge is -2.34. The molecule has 0 aromatic rings. The van der Waals surface area contributed by atoms with Crippen molar-refractivity contribution in [3.63, 3.8) is 0 Å². The topological polar surface area (TPSA) is 29.5 Å². The van der Waals surface area contributed by atoms with E-state index in [2.05, 4.69) is 15.9 Å². The van der Waals surface area contributed by atoms with Crippen LogP contribution >= 0.6 is 15.9 Å². The average molecular weight is 167 g/mol. The zero-order valence-electron chi connectivity index (χ0n) is 3.85. The van der Waals surface area contributed by atoms with E-state index < -0.39 is 5.60 Å². The monoisotopic (exact) mass is 166 g/mol. The second-order valence-corrected chi connectivity index (χ2v) is 2.41. The van der Waals surface area contributed by atoms with E-state index in [-0.39, 0.29) is 0 Å². The standard InChI is InChI=1S/C4H7BrO2/c5-1-4(6)2-7-3-4/h6H,1-3H2. The Labute approximate surface area is 50.6 Å². The first-order chi connectivity index (χ1) is 3.27. The van der Waals surface area contributed by atoms with E-state index in [1.54, 1.807) is 0 Å². The first-order valence-electron chi connectivity index (χ1n) is 2.13. The zero-order valence-corrected chi connectivity index (χ0v) is 5.44. The third-order valence-corrected chi connectivity index (χ3v) is 2.03. The molecule has 0 saturated carbocycles. The van der Waals surface area contributed by atoms with E-state index in [4.69, 9.17) is 9.84 Å². The first kappa shape index (κ1) is 5.54. The van der Waals surface area contributed by atoms with Crippen molar-refractivity contribution >= 4 is 15.9 Å². The zero-order chi connectivity index (χ0) is 5.33. The molecule has 0 aromatic heterocycles. The summed E-state index contributed by atoms with van der Waals surface area (Å²) in [6.07, 6.45) is 0.